The molecule has 0 N–H and O–H groups in total. The number of nitrogens with zero attached hydrogens (tertiary/aromatic N) is 3. The van der Waals surface area contributed by atoms with Crippen LogP contribution in [0.15, 0.2) is 64.8 Å². The van der Waals surface area contributed by atoms with Gasteiger partial charge in [0.15, 0.2) is 29.9 Å². The van der Waals surface area contributed by atoms with Gasteiger partial charge >= 0.3 is 0 Å². The highest BCUT2D eigenvalue weighted by atomic mass is 16.8. The third kappa shape index (κ3) is 12.3. The first-order chi connectivity index (χ1) is 28.7. The number of unbranched alkanes of at least 4 members (excludes halogenated alkanes) is 1. The Morgan fingerprint density at radius 2 is 1.35 bits per heavy atom. The Labute approximate surface area is 355 Å². The van der Waals surface area contributed by atoms with E-state index in [1.165, 1.54) is 0 Å². The molecule has 4 saturated heterocycles. The van der Waals surface area contributed by atoms with E-state index in [0.717, 1.165) is 43.0 Å². The van der Waals surface area contributed by atoms with Crippen molar-refractivity contribution < 1.29 is 61.6 Å². The van der Waals surface area contributed by atoms with Crippen molar-refractivity contribution in [3.8, 4) is 0 Å². The van der Waals surface area contributed by atoms with Gasteiger partial charge in [-0.1, -0.05) is 18.2 Å². The van der Waals surface area contributed by atoms with Crippen LogP contribution in [0.3, 0.4) is 0 Å². The van der Waals surface area contributed by atoms with Crippen LogP contribution >= 0.6 is 0 Å². The Hall–Kier alpha value is -2.68. The summed E-state index contributed by atoms with van der Waals surface area (Å²) in [5.41, 5.74) is 2.75. The summed E-state index contributed by atoms with van der Waals surface area (Å²) in [4.78, 5) is 2.28. The average Bonchev–Trinajstić information content (AvgIpc) is 3.87. The molecule has 2 aromatic carbocycles. The van der Waals surface area contributed by atoms with E-state index in [1.807, 2.05) is 84.0 Å². The Kier molecular flexibility index (Phi) is 16.5. The predicted octanol–water partition coefficient (Wildman–Crippen LogP) is 6.68. The molecule has 0 saturated carbocycles. The Bertz CT molecular complexity index is 1610. The summed E-state index contributed by atoms with van der Waals surface area (Å²) in [7, 11) is 4.72. The van der Waals surface area contributed by atoms with Crippen LogP contribution < -0.4 is 4.90 Å². The second-order valence-corrected chi connectivity index (χ2v) is 16.7. The summed E-state index contributed by atoms with van der Waals surface area (Å²) in [5.74, 6) is -2.68. The van der Waals surface area contributed by atoms with Crippen molar-refractivity contribution in [1.82, 2.24) is 0 Å². The van der Waals surface area contributed by atoms with E-state index in [2.05, 4.69) is 34.2 Å². The highest BCUT2D eigenvalue weighted by Crippen LogP contribution is 2.42. The SMILES string of the molecule is CCN(CCOCCCCOC[C@H]1O[C@@H](O[C@@H]([C@@H]2OC(C)(C)O[C@H]2C(OC)OC)[C@H]2COC(C)(C)O2)[C@H](OC)[C@H]2OC(C)(C)O[C@H]21)c1ccc(N=Nc2ccccc2)cc1. The number of hydrogen-bond donors (Lipinski definition) is 0. The van der Waals surface area contributed by atoms with Crippen molar-refractivity contribution in [3.63, 3.8) is 0 Å². The lowest BCUT2D eigenvalue weighted by Gasteiger charge is -2.44. The largest absolute Gasteiger partial charge is 0.380 e. The number of rotatable bonds is 22. The zero-order valence-electron chi connectivity index (χ0n) is 37.0. The maximum Gasteiger partial charge on any atom is 0.187 e. The van der Waals surface area contributed by atoms with Gasteiger partial charge in [0.2, 0.25) is 0 Å². The third-order valence-corrected chi connectivity index (χ3v) is 10.9. The molecule has 0 bridgehead atoms. The average molecular weight is 846 g/mol. The predicted molar refractivity (Wildman–Crippen MR) is 221 cm³/mol. The fraction of sp³-hybridized carbons (Fsp3) is 0.727. The van der Waals surface area contributed by atoms with Crippen LogP contribution in [0.2, 0.25) is 0 Å². The van der Waals surface area contributed by atoms with Gasteiger partial charge in [-0.3, -0.25) is 0 Å². The second-order valence-electron chi connectivity index (χ2n) is 16.7. The van der Waals surface area contributed by atoms with Crippen LogP contribution in [0.5, 0.6) is 0 Å². The molecule has 336 valence electrons. The van der Waals surface area contributed by atoms with Crippen LogP contribution in [-0.4, -0.2) is 146 Å². The van der Waals surface area contributed by atoms with Gasteiger partial charge in [0.25, 0.3) is 0 Å². The van der Waals surface area contributed by atoms with Gasteiger partial charge in [0.05, 0.1) is 31.2 Å². The van der Waals surface area contributed by atoms with Gasteiger partial charge in [-0.15, -0.1) is 0 Å². The Morgan fingerprint density at radius 1 is 0.717 bits per heavy atom. The van der Waals surface area contributed by atoms with Crippen LogP contribution in [0.4, 0.5) is 17.1 Å². The third-order valence-electron chi connectivity index (χ3n) is 10.9. The van der Waals surface area contributed by atoms with Crippen molar-refractivity contribution in [2.24, 2.45) is 10.2 Å². The maximum atomic E-state index is 6.90. The summed E-state index contributed by atoms with van der Waals surface area (Å²) in [6.07, 6.45) is -4.81. The number of methoxy groups -OCH3 is 3. The highest BCUT2D eigenvalue weighted by molar-refractivity contribution is 5.53. The molecule has 0 radical (unpaired) electrons. The van der Waals surface area contributed by atoms with Gasteiger partial charge in [0, 0.05) is 53.3 Å². The molecule has 16 nitrogen and oxygen atoms in total. The molecular weight excluding hydrogens is 778 g/mol. The number of azo groups is 1. The van der Waals surface area contributed by atoms with Gasteiger partial charge in [0.1, 0.15) is 48.8 Å². The number of ether oxygens (including phenoxy) is 13. The lowest BCUT2D eigenvalue weighted by molar-refractivity contribution is -0.320. The van der Waals surface area contributed by atoms with E-state index >= 15 is 0 Å². The molecule has 4 aliphatic rings. The van der Waals surface area contributed by atoms with E-state index < -0.39 is 78.8 Å². The molecule has 2 aromatic rings. The van der Waals surface area contributed by atoms with Crippen molar-refractivity contribution in [3.05, 3.63) is 54.6 Å². The quantitative estimate of drug-likeness (QED) is 0.0705. The van der Waals surface area contributed by atoms with Gasteiger partial charge in [-0.2, -0.15) is 10.2 Å². The van der Waals surface area contributed by atoms with Crippen molar-refractivity contribution in [2.75, 3.05) is 72.4 Å². The number of fused-ring (bicyclic) bond motifs is 1. The highest BCUT2D eigenvalue weighted by Gasteiger charge is 2.59. The summed E-state index contributed by atoms with van der Waals surface area (Å²) >= 11 is 0. The summed E-state index contributed by atoms with van der Waals surface area (Å²) in [6.45, 7) is 17.2. The second kappa shape index (κ2) is 21.1. The van der Waals surface area contributed by atoms with Crippen molar-refractivity contribution in [2.45, 2.75) is 140 Å². The molecule has 4 heterocycles. The summed E-state index contributed by atoms with van der Waals surface area (Å²) in [5, 5.41) is 8.66. The Balaban J connectivity index is 1.00. The standard InChI is InChI=1S/C44H67N3O13/c1-11-47(31-21-19-30(20-22-31)46-45-29-17-13-12-14-18-29)23-26-51-24-15-16-25-52-27-32-35-37(59-43(4,5)57-35)38(48-8)41(54-32)55-34(33-28-53-42(2,3)56-33)36-39(40(49-9)50-10)60-44(6,7)58-36/h12-14,17-22,32-41H,11,15-16,23-28H2,1-10H3/t32-,33-,34-,35+,36+,37+,38-,39-,41+/m1/s1. The minimum Gasteiger partial charge on any atom is -0.380 e. The van der Waals surface area contributed by atoms with Crippen LogP contribution in [0.25, 0.3) is 0 Å². The number of likely N-dealkylation sites (N-methyl/N-ethyl adjacent to an activating group) is 1. The number of benzene rings is 2. The van der Waals surface area contributed by atoms with E-state index in [4.69, 9.17) is 61.6 Å². The topological polar surface area (TPSA) is 148 Å². The normalized spacial score (nSPS) is 30.0. The monoisotopic (exact) mass is 845 g/mol. The molecule has 0 unspecified atom stereocenters. The number of anilines is 1. The van der Waals surface area contributed by atoms with E-state index in [1.54, 1.807) is 21.3 Å². The smallest absolute Gasteiger partial charge is 0.187 e. The Morgan fingerprint density at radius 3 is 1.98 bits per heavy atom. The van der Waals surface area contributed by atoms with Crippen LogP contribution in [0.1, 0.15) is 61.3 Å². The first-order valence-electron chi connectivity index (χ1n) is 21.1. The van der Waals surface area contributed by atoms with Gasteiger partial charge in [-0.25, -0.2) is 0 Å². The maximum absolute atomic E-state index is 6.90. The van der Waals surface area contributed by atoms with Gasteiger partial charge < -0.3 is 66.5 Å². The molecule has 0 spiro atoms. The van der Waals surface area contributed by atoms with Gasteiger partial charge in [-0.05, 0) is 97.7 Å². The molecule has 4 aliphatic heterocycles. The fourth-order valence-electron chi connectivity index (χ4n) is 8.08. The summed E-state index contributed by atoms with van der Waals surface area (Å²) < 4.78 is 81.2. The minimum atomic E-state index is -0.964. The molecule has 4 fully saturated rings. The van der Waals surface area contributed by atoms with Crippen LogP contribution in [-0.2, 0) is 61.6 Å². The lowest BCUT2D eigenvalue weighted by Crippen LogP contribution is -2.61. The van der Waals surface area contributed by atoms with E-state index in [-0.39, 0.29) is 13.2 Å². The molecule has 0 aliphatic carbocycles. The molecule has 16 heteroatoms. The van der Waals surface area contributed by atoms with E-state index in [0.29, 0.717) is 19.8 Å². The summed E-state index contributed by atoms with van der Waals surface area (Å²) in [6, 6.07) is 17.8. The van der Waals surface area contributed by atoms with Crippen molar-refractivity contribution >= 4 is 17.1 Å². The molecular formula is C44H67N3O13. The molecule has 60 heavy (non-hydrogen) atoms. The molecule has 0 aromatic heterocycles. The molecule has 0 amide bonds. The fourth-order valence-corrected chi connectivity index (χ4v) is 8.08. The lowest BCUT2D eigenvalue weighted by atomic mass is 9.98. The first kappa shape index (κ1) is 46.8. The number of hydrogen-bond acceptors (Lipinski definition) is 16. The van der Waals surface area contributed by atoms with Crippen molar-refractivity contribution in [1.29, 1.82) is 0 Å². The molecule has 6 rings (SSSR count). The minimum absolute atomic E-state index is 0.253. The molecule has 9 atom stereocenters. The zero-order chi connectivity index (χ0) is 42.9. The van der Waals surface area contributed by atoms with Crippen LogP contribution in [0, 0.1) is 0 Å². The van der Waals surface area contributed by atoms with E-state index in [9.17, 15) is 0 Å². The zero-order valence-corrected chi connectivity index (χ0v) is 37.0. The first-order valence-corrected chi connectivity index (χ1v) is 21.1.